The SMILES string of the molecule is CC(=O)C=C(Oc1cccnc1Br)N(C)C. The standard InChI is InChI=1S/C11H13BrN2O2/c1-8(15)7-10(14(2)3)16-9-5-4-6-13-11(9)12/h4-7H,1-3H3. The number of rotatable bonds is 4. The monoisotopic (exact) mass is 284 g/mol. The third kappa shape index (κ3) is 3.66. The molecule has 0 aliphatic heterocycles. The van der Waals surface area contributed by atoms with E-state index in [1.165, 1.54) is 13.0 Å². The molecule has 0 spiro atoms. The fraction of sp³-hybridized carbons (Fsp3) is 0.273. The molecule has 0 aliphatic carbocycles. The molecule has 0 atom stereocenters. The Morgan fingerprint density at radius 2 is 2.25 bits per heavy atom. The van der Waals surface area contributed by atoms with Crippen molar-refractivity contribution >= 4 is 21.7 Å². The predicted octanol–water partition coefficient (Wildman–Crippen LogP) is 2.21. The van der Waals surface area contributed by atoms with E-state index in [4.69, 9.17) is 4.74 Å². The summed E-state index contributed by atoms with van der Waals surface area (Å²) in [5, 5.41) is 0. The molecule has 0 amide bonds. The Morgan fingerprint density at radius 3 is 2.75 bits per heavy atom. The Bertz CT molecular complexity index is 416. The van der Waals surface area contributed by atoms with E-state index in [-0.39, 0.29) is 5.78 Å². The van der Waals surface area contributed by atoms with Gasteiger partial charge < -0.3 is 9.64 Å². The van der Waals surface area contributed by atoms with Crippen LogP contribution in [0.5, 0.6) is 5.75 Å². The summed E-state index contributed by atoms with van der Waals surface area (Å²) in [5.74, 6) is 0.980. The van der Waals surface area contributed by atoms with Gasteiger partial charge in [-0.1, -0.05) is 0 Å². The second-order valence-corrected chi connectivity index (χ2v) is 4.13. The second kappa shape index (κ2) is 5.65. The molecule has 0 N–H and O–H groups in total. The molecule has 1 rings (SSSR count). The minimum atomic E-state index is -0.0660. The van der Waals surface area contributed by atoms with Gasteiger partial charge in [0.2, 0.25) is 0 Å². The molecule has 5 heteroatoms. The van der Waals surface area contributed by atoms with Crippen LogP contribution >= 0.6 is 15.9 Å². The van der Waals surface area contributed by atoms with Gasteiger partial charge >= 0.3 is 0 Å². The highest BCUT2D eigenvalue weighted by Gasteiger charge is 2.07. The highest BCUT2D eigenvalue weighted by atomic mass is 79.9. The molecule has 0 saturated heterocycles. The molecule has 0 aromatic carbocycles. The summed E-state index contributed by atoms with van der Waals surface area (Å²) in [4.78, 5) is 16.8. The van der Waals surface area contributed by atoms with Crippen LogP contribution in [0.15, 0.2) is 34.9 Å². The van der Waals surface area contributed by atoms with Crippen molar-refractivity contribution in [3.8, 4) is 5.75 Å². The molecule has 0 aliphatic rings. The molecule has 1 aromatic heterocycles. The summed E-state index contributed by atoms with van der Waals surface area (Å²) in [6.07, 6.45) is 3.08. The number of nitrogens with zero attached hydrogens (tertiary/aromatic N) is 2. The van der Waals surface area contributed by atoms with E-state index in [9.17, 15) is 4.79 Å². The summed E-state index contributed by atoms with van der Waals surface area (Å²) in [6, 6.07) is 3.54. The average molecular weight is 285 g/mol. The number of aromatic nitrogens is 1. The van der Waals surface area contributed by atoms with E-state index in [0.29, 0.717) is 16.2 Å². The fourth-order valence-electron chi connectivity index (χ4n) is 0.984. The Morgan fingerprint density at radius 1 is 1.56 bits per heavy atom. The van der Waals surface area contributed by atoms with Gasteiger partial charge in [0.05, 0.1) is 0 Å². The van der Waals surface area contributed by atoms with E-state index in [1.54, 1.807) is 37.3 Å². The van der Waals surface area contributed by atoms with Crippen molar-refractivity contribution in [2.75, 3.05) is 14.1 Å². The number of carbonyl (C=O) groups excluding carboxylic acids is 1. The van der Waals surface area contributed by atoms with E-state index in [1.807, 2.05) is 0 Å². The lowest BCUT2D eigenvalue weighted by Gasteiger charge is -2.17. The van der Waals surface area contributed by atoms with Gasteiger partial charge in [0, 0.05) is 26.4 Å². The lowest BCUT2D eigenvalue weighted by molar-refractivity contribution is -0.112. The number of carbonyl (C=O) groups is 1. The summed E-state index contributed by atoms with van der Waals surface area (Å²) < 4.78 is 6.18. The third-order valence-corrected chi connectivity index (χ3v) is 2.30. The van der Waals surface area contributed by atoms with Crippen LogP contribution in [0.25, 0.3) is 0 Å². The molecular formula is C11H13BrN2O2. The van der Waals surface area contributed by atoms with Crippen molar-refractivity contribution in [3.05, 3.63) is 34.9 Å². The summed E-state index contributed by atoms with van der Waals surface area (Å²) in [6.45, 7) is 1.48. The largest absolute Gasteiger partial charge is 0.438 e. The topological polar surface area (TPSA) is 42.4 Å². The highest BCUT2D eigenvalue weighted by molar-refractivity contribution is 9.10. The molecule has 0 bridgehead atoms. The summed E-state index contributed by atoms with van der Waals surface area (Å²) in [5.41, 5.74) is 0. The zero-order chi connectivity index (χ0) is 12.1. The maximum Gasteiger partial charge on any atom is 0.199 e. The molecule has 86 valence electrons. The fourth-order valence-corrected chi connectivity index (χ4v) is 1.32. The van der Waals surface area contributed by atoms with Crippen LogP contribution in [0.1, 0.15) is 6.92 Å². The number of hydrogen-bond donors (Lipinski definition) is 0. The molecular weight excluding hydrogens is 272 g/mol. The molecule has 4 nitrogen and oxygen atoms in total. The predicted molar refractivity (Wildman–Crippen MR) is 65.0 cm³/mol. The van der Waals surface area contributed by atoms with Crippen LogP contribution in [-0.4, -0.2) is 29.8 Å². The van der Waals surface area contributed by atoms with Crippen LogP contribution in [0, 0.1) is 0 Å². The van der Waals surface area contributed by atoms with Gasteiger partial charge in [0.25, 0.3) is 0 Å². The van der Waals surface area contributed by atoms with Gasteiger partial charge in [0.15, 0.2) is 17.4 Å². The van der Waals surface area contributed by atoms with Gasteiger partial charge in [-0.05, 0) is 35.0 Å². The maximum absolute atomic E-state index is 11.0. The van der Waals surface area contributed by atoms with Crippen molar-refractivity contribution < 1.29 is 9.53 Å². The number of halogens is 1. The average Bonchev–Trinajstić information content (AvgIpc) is 2.19. The van der Waals surface area contributed by atoms with Gasteiger partial charge in [-0.25, -0.2) is 4.98 Å². The number of ketones is 1. The zero-order valence-electron chi connectivity index (χ0n) is 9.40. The van der Waals surface area contributed by atoms with E-state index in [2.05, 4.69) is 20.9 Å². The van der Waals surface area contributed by atoms with Crippen molar-refractivity contribution in [2.45, 2.75) is 6.92 Å². The van der Waals surface area contributed by atoms with E-state index >= 15 is 0 Å². The lowest BCUT2D eigenvalue weighted by atomic mass is 10.4. The summed E-state index contributed by atoms with van der Waals surface area (Å²) in [7, 11) is 3.61. The second-order valence-electron chi connectivity index (χ2n) is 3.38. The summed E-state index contributed by atoms with van der Waals surface area (Å²) >= 11 is 3.27. The number of pyridine rings is 1. The number of allylic oxidation sites excluding steroid dienone is 1. The van der Waals surface area contributed by atoms with Gasteiger partial charge in [-0.3, -0.25) is 4.79 Å². The minimum absolute atomic E-state index is 0.0660. The van der Waals surface area contributed by atoms with Crippen LogP contribution in [0.3, 0.4) is 0 Å². The van der Waals surface area contributed by atoms with Crippen LogP contribution < -0.4 is 4.74 Å². The first-order valence-corrected chi connectivity index (χ1v) is 5.48. The van der Waals surface area contributed by atoms with Crippen LogP contribution in [-0.2, 0) is 4.79 Å². The van der Waals surface area contributed by atoms with E-state index in [0.717, 1.165) is 0 Å². The van der Waals surface area contributed by atoms with Crippen molar-refractivity contribution in [2.24, 2.45) is 0 Å². The van der Waals surface area contributed by atoms with Crippen molar-refractivity contribution in [3.63, 3.8) is 0 Å². The molecule has 0 unspecified atom stereocenters. The van der Waals surface area contributed by atoms with Gasteiger partial charge in [-0.15, -0.1) is 0 Å². The van der Waals surface area contributed by atoms with Gasteiger partial charge in [0.1, 0.15) is 4.60 Å². The Labute approximate surface area is 103 Å². The van der Waals surface area contributed by atoms with Gasteiger partial charge in [-0.2, -0.15) is 0 Å². The van der Waals surface area contributed by atoms with Crippen molar-refractivity contribution in [1.29, 1.82) is 0 Å². The molecule has 1 heterocycles. The Balaban J connectivity index is 2.93. The lowest BCUT2D eigenvalue weighted by Crippen LogP contribution is -2.17. The molecule has 0 radical (unpaired) electrons. The first kappa shape index (κ1) is 12.7. The number of ether oxygens (including phenoxy) is 1. The first-order valence-electron chi connectivity index (χ1n) is 4.68. The van der Waals surface area contributed by atoms with E-state index < -0.39 is 0 Å². The Kier molecular flexibility index (Phi) is 4.49. The molecule has 0 fully saturated rings. The highest BCUT2D eigenvalue weighted by Crippen LogP contribution is 2.23. The molecule has 1 aromatic rings. The smallest absolute Gasteiger partial charge is 0.199 e. The maximum atomic E-state index is 11.0. The van der Waals surface area contributed by atoms with Crippen LogP contribution in [0.4, 0.5) is 0 Å². The van der Waals surface area contributed by atoms with Crippen LogP contribution in [0.2, 0.25) is 0 Å². The molecule has 0 saturated carbocycles. The Hall–Kier alpha value is -1.36. The zero-order valence-corrected chi connectivity index (χ0v) is 11.0. The van der Waals surface area contributed by atoms with Crippen molar-refractivity contribution in [1.82, 2.24) is 9.88 Å². The normalized spacial score (nSPS) is 11.1. The quantitative estimate of drug-likeness (QED) is 0.483. The molecule has 16 heavy (non-hydrogen) atoms. The number of hydrogen-bond acceptors (Lipinski definition) is 4. The third-order valence-electron chi connectivity index (χ3n) is 1.71. The minimum Gasteiger partial charge on any atom is -0.438 e. The first-order chi connectivity index (χ1) is 7.50.